The smallest absolute Gasteiger partial charge is 0.334 e. The zero-order chi connectivity index (χ0) is 22.1. The second-order valence-corrected chi connectivity index (χ2v) is 7.37. The van der Waals surface area contributed by atoms with E-state index in [1.807, 2.05) is 20.9 Å². The number of alkyl halides is 3. The molecule has 0 aliphatic heterocycles. The number of aromatic amines is 1. The van der Waals surface area contributed by atoms with E-state index in [9.17, 15) is 18.0 Å². The van der Waals surface area contributed by atoms with Gasteiger partial charge >= 0.3 is 6.18 Å². The first-order valence-corrected chi connectivity index (χ1v) is 9.82. The number of nitrogens with zero attached hydrogens (tertiary/aromatic N) is 5. The highest BCUT2D eigenvalue weighted by molar-refractivity contribution is 6.04. The van der Waals surface area contributed by atoms with Crippen LogP contribution < -0.4 is 0 Å². The SMILES string of the molecule is CCCCCN(Cc1c(C)nn(C)c1C)C(=O)c1cncc2[nH]c(C(F)(F)F)nc12. The molecule has 0 unspecified atom stereocenters. The lowest BCUT2D eigenvalue weighted by Crippen LogP contribution is -2.32. The van der Waals surface area contributed by atoms with Gasteiger partial charge in [0, 0.05) is 37.6 Å². The summed E-state index contributed by atoms with van der Waals surface area (Å²) >= 11 is 0. The molecule has 1 N–H and O–H groups in total. The Bertz CT molecular complexity index is 1050. The van der Waals surface area contributed by atoms with E-state index < -0.39 is 17.9 Å². The summed E-state index contributed by atoms with van der Waals surface area (Å²) in [5.74, 6) is -1.54. The van der Waals surface area contributed by atoms with Gasteiger partial charge in [0.2, 0.25) is 5.82 Å². The maximum Gasteiger partial charge on any atom is 0.449 e. The molecular formula is C20H25F3N6O. The Morgan fingerprint density at radius 2 is 1.97 bits per heavy atom. The summed E-state index contributed by atoms with van der Waals surface area (Å²) in [5, 5.41) is 4.40. The van der Waals surface area contributed by atoms with Crippen LogP contribution in [0.3, 0.4) is 0 Å². The number of carbonyl (C=O) groups excluding carboxylic acids is 1. The fraction of sp³-hybridized carbons (Fsp3) is 0.500. The molecular weight excluding hydrogens is 397 g/mol. The minimum Gasteiger partial charge on any atom is -0.334 e. The number of hydrogen-bond donors (Lipinski definition) is 1. The fourth-order valence-electron chi connectivity index (χ4n) is 3.44. The maximum absolute atomic E-state index is 13.4. The van der Waals surface area contributed by atoms with Crippen molar-refractivity contribution < 1.29 is 18.0 Å². The van der Waals surface area contributed by atoms with E-state index in [2.05, 4.69) is 27.0 Å². The summed E-state index contributed by atoms with van der Waals surface area (Å²) < 4.78 is 41.0. The van der Waals surface area contributed by atoms with Crippen molar-refractivity contribution in [1.82, 2.24) is 29.6 Å². The maximum atomic E-state index is 13.4. The second kappa shape index (κ2) is 8.45. The first-order chi connectivity index (χ1) is 14.1. The standard InChI is InChI=1S/C20H25F3N6O/c1-5-6-7-8-29(11-15-12(2)27-28(4)13(15)3)18(30)14-9-24-10-16-17(14)26-19(25-16)20(21,22)23/h9-10H,5-8,11H2,1-4H3,(H,25,26). The monoisotopic (exact) mass is 422 g/mol. The average molecular weight is 422 g/mol. The van der Waals surface area contributed by atoms with E-state index in [0.29, 0.717) is 13.1 Å². The van der Waals surface area contributed by atoms with Gasteiger partial charge in [-0.3, -0.25) is 14.5 Å². The molecule has 0 saturated carbocycles. The van der Waals surface area contributed by atoms with Crippen LogP contribution in [-0.4, -0.2) is 42.1 Å². The van der Waals surface area contributed by atoms with E-state index in [1.165, 1.54) is 12.4 Å². The number of hydrogen-bond acceptors (Lipinski definition) is 4. The van der Waals surface area contributed by atoms with E-state index in [-0.39, 0.29) is 16.6 Å². The van der Waals surface area contributed by atoms with Crippen LogP contribution in [0.2, 0.25) is 0 Å². The van der Waals surface area contributed by atoms with E-state index in [1.54, 1.807) is 9.58 Å². The molecule has 3 heterocycles. The fourth-order valence-corrected chi connectivity index (χ4v) is 3.44. The predicted octanol–water partition coefficient (Wildman–Crippen LogP) is 4.16. The quantitative estimate of drug-likeness (QED) is 0.580. The number of nitrogens with one attached hydrogen (secondary N) is 1. The highest BCUT2D eigenvalue weighted by atomic mass is 19.4. The zero-order valence-corrected chi connectivity index (χ0v) is 17.5. The number of H-pyrrole nitrogens is 1. The van der Waals surface area contributed by atoms with Crippen LogP contribution in [0.15, 0.2) is 12.4 Å². The van der Waals surface area contributed by atoms with Gasteiger partial charge in [-0.2, -0.15) is 18.3 Å². The van der Waals surface area contributed by atoms with Gasteiger partial charge in [0.1, 0.15) is 5.52 Å². The Morgan fingerprint density at radius 1 is 1.23 bits per heavy atom. The number of halogens is 3. The number of pyridine rings is 1. The lowest BCUT2D eigenvalue weighted by molar-refractivity contribution is -0.144. The number of amides is 1. The number of fused-ring (bicyclic) bond motifs is 1. The molecule has 0 bridgehead atoms. The normalized spacial score (nSPS) is 12.0. The lowest BCUT2D eigenvalue weighted by Gasteiger charge is -2.23. The van der Waals surface area contributed by atoms with Crippen LogP contribution in [0.25, 0.3) is 11.0 Å². The van der Waals surface area contributed by atoms with Crippen LogP contribution in [0.4, 0.5) is 13.2 Å². The Balaban J connectivity index is 1.99. The summed E-state index contributed by atoms with van der Waals surface area (Å²) in [7, 11) is 1.84. The number of imidazole rings is 1. The third-order valence-electron chi connectivity index (χ3n) is 5.22. The van der Waals surface area contributed by atoms with E-state index in [4.69, 9.17) is 0 Å². The predicted molar refractivity (Wildman–Crippen MR) is 106 cm³/mol. The van der Waals surface area contributed by atoms with Gasteiger partial charge in [0.15, 0.2) is 0 Å². The largest absolute Gasteiger partial charge is 0.449 e. The summed E-state index contributed by atoms with van der Waals surface area (Å²) in [4.78, 5) is 24.8. The number of aromatic nitrogens is 5. The van der Waals surface area contributed by atoms with E-state index in [0.717, 1.165) is 36.2 Å². The van der Waals surface area contributed by atoms with Gasteiger partial charge in [0.05, 0.1) is 23.0 Å². The molecule has 30 heavy (non-hydrogen) atoms. The minimum absolute atomic E-state index is 0.0255. The van der Waals surface area contributed by atoms with Crippen molar-refractivity contribution in [2.45, 2.75) is 52.8 Å². The highest BCUT2D eigenvalue weighted by Crippen LogP contribution is 2.29. The molecule has 7 nitrogen and oxygen atoms in total. The summed E-state index contributed by atoms with van der Waals surface area (Å²) in [6.07, 6.45) is 0.603. The third kappa shape index (κ3) is 4.31. The van der Waals surface area contributed by atoms with Gasteiger partial charge in [-0.25, -0.2) is 4.98 Å². The minimum atomic E-state index is -4.63. The van der Waals surface area contributed by atoms with Gasteiger partial charge in [-0.05, 0) is 20.3 Å². The molecule has 0 aliphatic rings. The van der Waals surface area contributed by atoms with Gasteiger partial charge < -0.3 is 9.88 Å². The Kier molecular flexibility index (Phi) is 6.14. The molecule has 0 spiro atoms. The molecule has 162 valence electrons. The third-order valence-corrected chi connectivity index (χ3v) is 5.22. The van der Waals surface area contributed by atoms with Crippen molar-refractivity contribution in [2.75, 3.05) is 6.54 Å². The van der Waals surface area contributed by atoms with Crippen molar-refractivity contribution >= 4 is 16.9 Å². The summed E-state index contributed by atoms with van der Waals surface area (Å²) in [6.45, 7) is 6.67. The molecule has 3 rings (SSSR count). The molecule has 1 amide bonds. The highest BCUT2D eigenvalue weighted by Gasteiger charge is 2.35. The molecule has 0 aliphatic carbocycles. The molecule has 3 aromatic rings. The van der Waals surface area contributed by atoms with Crippen molar-refractivity contribution in [1.29, 1.82) is 0 Å². The number of carbonyl (C=O) groups is 1. The van der Waals surface area contributed by atoms with Crippen LogP contribution >= 0.6 is 0 Å². The second-order valence-electron chi connectivity index (χ2n) is 7.37. The van der Waals surface area contributed by atoms with Crippen molar-refractivity contribution in [2.24, 2.45) is 7.05 Å². The van der Waals surface area contributed by atoms with Gasteiger partial charge in [-0.1, -0.05) is 19.8 Å². The summed E-state index contributed by atoms with van der Waals surface area (Å²) in [5.41, 5.74) is 2.79. The molecule has 3 aromatic heterocycles. The molecule has 0 fully saturated rings. The average Bonchev–Trinajstić information content (AvgIpc) is 3.23. The zero-order valence-electron chi connectivity index (χ0n) is 17.5. The van der Waals surface area contributed by atoms with Crippen molar-refractivity contribution in [3.63, 3.8) is 0 Å². The van der Waals surface area contributed by atoms with Gasteiger partial charge in [0.25, 0.3) is 5.91 Å². The van der Waals surface area contributed by atoms with Crippen molar-refractivity contribution in [3.05, 3.63) is 40.7 Å². The Morgan fingerprint density at radius 3 is 2.57 bits per heavy atom. The Labute approximate surface area is 172 Å². The van der Waals surface area contributed by atoms with Crippen LogP contribution in [0.1, 0.15) is 59.3 Å². The first kappa shape index (κ1) is 21.8. The molecule has 0 atom stereocenters. The first-order valence-electron chi connectivity index (χ1n) is 9.82. The lowest BCUT2D eigenvalue weighted by atomic mass is 10.1. The molecule has 0 aromatic carbocycles. The van der Waals surface area contributed by atoms with E-state index >= 15 is 0 Å². The number of rotatable bonds is 7. The van der Waals surface area contributed by atoms with Crippen LogP contribution in [-0.2, 0) is 19.8 Å². The van der Waals surface area contributed by atoms with Crippen LogP contribution in [0, 0.1) is 13.8 Å². The number of unbranched alkanes of at least 4 members (excludes halogenated alkanes) is 2. The Hall–Kier alpha value is -2.91. The number of aryl methyl sites for hydroxylation is 2. The molecule has 10 heteroatoms. The summed E-state index contributed by atoms with van der Waals surface area (Å²) in [6, 6.07) is 0. The molecule has 0 radical (unpaired) electrons. The van der Waals surface area contributed by atoms with Crippen molar-refractivity contribution in [3.8, 4) is 0 Å². The van der Waals surface area contributed by atoms with Gasteiger partial charge in [-0.15, -0.1) is 0 Å². The van der Waals surface area contributed by atoms with Crippen LogP contribution in [0.5, 0.6) is 0 Å². The topological polar surface area (TPSA) is 79.7 Å². The molecule has 0 saturated heterocycles.